The third-order valence-electron chi connectivity index (χ3n) is 3.31. The van der Waals surface area contributed by atoms with Gasteiger partial charge in [-0.2, -0.15) is 0 Å². The first kappa shape index (κ1) is 14.9. The predicted molar refractivity (Wildman–Crippen MR) is 70.5 cm³/mol. The fourth-order valence-electron chi connectivity index (χ4n) is 2.19. The van der Waals surface area contributed by atoms with E-state index >= 15 is 0 Å². The minimum absolute atomic E-state index is 0.647. The number of methoxy groups -OCH3 is 1. The van der Waals surface area contributed by atoms with Crippen LogP contribution in [0.3, 0.4) is 0 Å². The third-order valence-corrected chi connectivity index (χ3v) is 3.31. The maximum absolute atomic E-state index is 5.40. The lowest BCUT2D eigenvalue weighted by Crippen LogP contribution is -2.43. The van der Waals surface area contributed by atoms with Gasteiger partial charge in [0.05, 0.1) is 19.8 Å². The van der Waals surface area contributed by atoms with E-state index in [0.29, 0.717) is 19.3 Å². The lowest BCUT2D eigenvalue weighted by atomic mass is 10.1. The number of hydrogen-bond acceptors (Lipinski definition) is 4. The second kappa shape index (κ2) is 9.83. The molecule has 0 aromatic heterocycles. The van der Waals surface area contributed by atoms with E-state index in [1.165, 1.54) is 32.4 Å². The highest BCUT2D eigenvalue weighted by Crippen LogP contribution is 2.11. The third kappa shape index (κ3) is 6.99. The molecule has 0 aromatic carbocycles. The molecule has 0 aromatic rings. The molecule has 0 aliphatic carbocycles. The van der Waals surface area contributed by atoms with Crippen LogP contribution in [-0.4, -0.2) is 64.1 Å². The molecular formula is C13H28N2O2. The normalized spacial score (nSPS) is 19.4. The molecule has 4 heteroatoms. The summed E-state index contributed by atoms with van der Waals surface area (Å²) >= 11 is 0. The van der Waals surface area contributed by atoms with Crippen molar-refractivity contribution >= 4 is 0 Å². The zero-order valence-corrected chi connectivity index (χ0v) is 11.4. The van der Waals surface area contributed by atoms with Gasteiger partial charge in [-0.15, -0.1) is 0 Å². The van der Waals surface area contributed by atoms with Crippen molar-refractivity contribution in [3.05, 3.63) is 0 Å². The standard InChI is InChI=1S/C13H28N2O2/c1-13(15-7-4-3-5-8-15)12-14-6-9-17-11-10-16-2/h13-14H,3-12H2,1-2H3. The monoisotopic (exact) mass is 244 g/mol. The van der Waals surface area contributed by atoms with E-state index in [1.807, 2.05) is 0 Å². The van der Waals surface area contributed by atoms with Crippen molar-refractivity contribution in [1.29, 1.82) is 0 Å². The summed E-state index contributed by atoms with van der Waals surface area (Å²) in [4.78, 5) is 2.59. The average Bonchev–Trinajstić information content (AvgIpc) is 2.38. The van der Waals surface area contributed by atoms with E-state index in [1.54, 1.807) is 7.11 Å². The van der Waals surface area contributed by atoms with E-state index in [4.69, 9.17) is 9.47 Å². The van der Waals surface area contributed by atoms with Crippen LogP contribution in [0, 0.1) is 0 Å². The number of nitrogens with one attached hydrogen (secondary N) is 1. The number of rotatable bonds is 9. The van der Waals surface area contributed by atoms with Gasteiger partial charge in [0.15, 0.2) is 0 Å². The molecule has 102 valence electrons. The summed E-state index contributed by atoms with van der Waals surface area (Å²) in [5.41, 5.74) is 0. The van der Waals surface area contributed by atoms with Crippen molar-refractivity contribution in [2.75, 3.05) is 53.1 Å². The first-order chi connectivity index (χ1) is 8.34. The highest BCUT2D eigenvalue weighted by Gasteiger charge is 2.15. The molecule has 1 aliphatic rings. The van der Waals surface area contributed by atoms with Gasteiger partial charge in [0.25, 0.3) is 0 Å². The SMILES string of the molecule is COCCOCCNCC(C)N1CCCCC1. The Bertz CT molecular complexity index is 173. The molecule has 4 nitrogen and oxygen atoms in total. The van der Waals surface area contributed by atoms with E-state index in [-0.39, 0.29) is 0 Å². The highest BCUT2D eigenvalue weighted by molar-refractivity contribution is 4.72. The summed E-state index contributed by atoms with van der Waals surface area (Å²) in [5.74, 6) is 0. The minimum Gasteiger partial charge on any atom is -0.382 e. The Morgan fingerprint density at radius 3 is 2.59 bits per heavy atom. The van der Waals surface area contributed by atoms with Gasteiger partial charge in [0, 0.05) is 26.2 Å². The molecule has 0 saturated carbocycles. The molecule has 0 radical (unpaired) electrons. The molecule has 1 fully saturated rings. The lowest BCUT2D eigenvalue weighted by Gasteiger charge is -2.32. The van der Waals surface area contributed by atoms with E-state index < -0.39 is 0 Å². The molecule has 1 rings (SSSR count). The summed E-state index contributed by atoms with van der Waals surface area (Å²) in [6.45, 7) is 9.00. The maximum atomic E-state index is 5.40. The van der Waals surface area contributed by atoms with Crippen molar-refractivity contribution in [2.45, 2.75) is 32.2 Å². The second-order valence-corrected chi connectivity index (χ2v) is 4.75. The van der Waals surface area contributed by atoms with Crippen LogP contribution < -0.4 is 5.32 Å². The van der Waals surface area contributed by atoms with E-state index in [2.05, 4.69) is 17.1 Å². The van der Waals surface area contributed by atoms with Gasteiger partial charge >= 0.3 is 0 Å². The average molecular weight is 244 g/mol. The molecule has 1 saturated heterocycles. The Labute approximate surface area is 106 Å². The topological polar surface area (TPSA) is 33.7 Å². The maximum Gasteiger partial charge on any atom is 0.0700 e. The van der Waals surface area contributed by atoms with Gasteiger partial charge in [-0.1, -0.05) is 6.42 Å². The smallest absolute Gasteiger partial charge is 0.0700 e. The number of hydrogen-bond donors (Lipinski definition) is 1. The van der Waals surface area contributed by atoms with Crippen molar-refractivity contribution in [3.63, 3.8) is 0 Å². The largest absolute Gasteiger partial charge is 0.382 e. The van der Waals surface area contributed by atoms with Crippen LogP contribution in [0.5, 0.6) is 0 Å². The Hall–Kier alpha value is -0.160. The molecule has 1 N–H and O–H groups in total. The lowest BCUT2D eigenvalue weighted by molar-refractivity contribution is 0.0710. The predicted octanol–water partition coefficient (Wildman–Crippen LogP) is 1.11. The van der Waals surface area contributed by atoms with Gasteiger partial charge in [0.2, 0.25) is 0 Å². The van der Waals surface area contributed by atoms with Crippen LogP contribution in [0.15, 0.2) is 0 Å². The van der Waals surface area contributed by atoms with Gasteiger partial charge in [-0.25, -0.2) is 0 Å². The Morgan fingerprint density at radius 2 is 1.88 bits per heavy atom. The van der Waals surface area contributed by atoms with Crippen LogP contribution in [-0.2, 0) is 9.47 Å². The van der Waals surface area contributed by atoms with E-state index in [9.17, 15) is 0 Å². The Balaban J connectivity index is 1.90. The van der Waals surface area contributed by atoms with E-state index in [0.717, 1.165) is 19.7 Å². The van der Waals surface area contributed by atoms with Crippen molar-refractivity contribution < 1.29 is 9.47 Å². The Morgan fingerprint density at radius 1 is 1.12 bits per heavy atom. The molecule has 1 atom stereocenters. The van der Waals surface area contributed by atoms with Crippen LogP contribution in [0.2, 0.25) is 0 Å². The second-order valence-electron chi connectivity index (χ2n) is 4.75. The van der Waals surface area contributed by atoms with Crippen LogP contribution in [0.25, 0.3) is 0 Å². The quantitative estimate of drug-likeness (QED) is 0.616. The first-order valence-electron chi connectivity index (χ1n) is 6.86. The minimum atomic E-state index is 0.647. The summed E-state index contributed by atoms with van der Waals surface area (Å²) in [6, 6.07) is 0.647. The fourth-order valence-corrected chi connectivity index (χ4v) is 2.19. The van der Waals surface area contributed by atoms with Gasteiger partial charge in [-0.05, 0) is 32.9 Å². The number of likely N-dealkylation sites (tertiary alicyclic amines) is 1. The van der Waals surface area contributed by atoms with Crippen molar-refractivity contribution in [1.82, 2.24) is 10.2 Å². The van der Waals surface area contributed by atoms with Crippen LogP contribution in [0.4, 0.5) is 0 Å². The van der Waals surface area contributed by atoms with Crippen LogP contribution >= 0.6 is 0 Å². The summed E-state index contributed by atoms with van der Waals surface area (Å²) < 4.78 is 10.3. The number of piperidine rings is 1. The summed E-state index contributed by atoms with van der Waals surface area (Å²) in [7, 11) is 1.70. The summed E-state index contributed by atoms with van der Waals surface area (Å²) in [5, 5.41) is 3.45. The molecule has 1 unspecified atom stereocenters. The molecular weight excluding hydrogens is 216 g/mol. The van der Waals surface area contributed by atoms with Gasteiger partial charge < -0.3 is 14.8 Å². The fraction of sp³-hybridized carbons (Fsp3) is 1.00. The molecule has 1 aliphatic heterocycles. The number of ether oxygens (including phenoxy) is 2. The van der Waals surface area contributed by atoms with Gasteiger partial charge in [-0.3, -0.25) is 4.90 Å². The van der Waals surface area contributed by atoms with Gasteiger partial charge in [0.1, 0.15) is 0 Å². The van der Waals surface area contributed by atoms with Crippen LogP contribution in [0.1, 0.15) is 26.2 Å². The molecule has 0 spiro atoms. The molecule has 0 bridgehead atoms. The molecule has 0 amide bonds. The first-order valence-corrected chi connectivity index (χ1v) is 6.86. The molecule has 1 heterocycles. The number of nitrogens with zero attached hydrogens (tertiary/aromatic N) is 1. The summed E-state index contributed by atoms with van der Waals surface area (Å²) in [6.07, 6.45) is 4.14. The zero-order chi connectivity index (χ0) is 12.3. The highest BCUT2D eigenvalue weighted by atomic mass is 16.5. The zero-order valence-electron chi connectivity index (χ0n) is 11.4. The van der Waals surface area contributed by atoms with Crippen molar-refractivity contribution in [3.8, 4) is 0 Å². The Kier molecular flexibility index (Phi) is 8.61. The molecule has 17 heavy (non-hydrogen) atoms. The van der Waals surface area contributed by atoms with Crippen molar-refractivity contribution in [2.24, 2.45) is 0 Å².